The SMILES string of the molecule is Oc1c(Cl)c(Cl)c(OC2/C=C\CC/C=C\C2)c(Cl)c1Cl. The molecular formula is C14H12Cl4O2. The van der Waals surface area contributed by atoms with Gasteiger partial charge in [0.25, 0.3) is 0 Å². The first kappa shape index (κ1) is 15.8. The molecule has 6 heteroatoms. The molecule has 0 aliphatic heterocycles. The van der Waals surface area contributed by atoms with Crippen LogP contribution in [0.3, 0.4) is 0 Å². The Hall–Kier alpha value is -0.540. The fourth-order valence-corrected chi connectivity index (χ4v) is 2.72. The lowest BCUT2D eigenvalue weighted by Gasteiger charge is -2.19. The second kappa shape index (κ2) is 6.95. The number of hydrogen-bond donors (Lipinski definition) is 1. The zero-order valence-corrected chi connectivity index (χ0v) is 13.4. The minimum Gasteiger partial charge on any atom is -0.505 e. The molecule has 1 aliphatic carbocycles. The topological polar surface area (TPSA) is 29.5 Å². The van der Waals surface area contributed by atoms with Crippen LogP contribution >= 0.6 is 46.4 Å². The molecule has 1 unspecified atom stereocenters. The lowest BCUT2D eigenvalue weighted by atomic mass is 10.1. The summed E-state index contributed by atoms with van der Waals surface area (Å²) in [5, 5.41) is 9.64. The number of phenols is 1. The third-order valence-electron chi connectivity index (χ3n) is 2.85. The summed E-state index contributed by atoms with van der Waals surface area (Å²) in [6, 6.07) is 0. The van der Waals surface area contributed by atoms with E-state index in [1.807, 2.05) is 18.2 Å². The summed E-state index contributed by atoms with van der Waals surface area (Å²) in [7, 11) is 0. The highest BCUT2D eigenvalue weighted by atomic mass is 35.5. The monoisotopic (exact) mass is 352 g/mol. The van der Waals surface area contributed by atoms with Gasteiger partial charge < -0.3 is 9.84 Å². The van der Waals surface area contributed by atoms with Gasteiger partial charge in [-0.3, -0.25) is 0 Å². The summed E-state index contributed by atoms with van der Waals surface area (Å²) in [6.45, 7) is 0. The molecule has 1 atom stereocenters. The van der Waals surface area contributed by atoms with E-state index >= 15 is 0 Å². The van der Waals surface area contributed by atoms with Crippen LogP contribution in [0.15, 0.2) is 24.3 Å². The maximum atomic E-state index is 9.67. The number of allylic oxidation sites excluding steroid dienone is 2. The number of ether oxygens (including phenoxy) is 1. The fourth-order valence-electron chi connectivity index (χ4n) is 1.81. The maximum absolute atomic E-state index is 9.67. The summed E-state index contributed by atoms with van der Waals surface area (Å²) in [4.78, 5) is 0. The van der Waals surface area contributed by atoms with E-state index in [1.165, 1.54) is 0 Å². The first-order valence-electron chi connectivity index (χ1n) is 6.05. The maximum Gasteiger partial charge on any atom is 0.160 e. The van der Waals surface area contributed by atoms with Crippen molar-refractivity contribution in [1.82, 2.24) is 0 Å². The summed E-state index contributed by atoms with van der Waals surface area (Å²) < 4.78 is 5.79. The molecule has 1 aliphatic rings. The lowest BCUT2D eigenvalue weighted by Crippen LogP contribution is -2.13. The molecule has 1 N–H and O–H groups in total. The first-order chi connectivity index (χ1) is 9.52. The molecule has 0 amide bonds. The highest BCUT2D eigenvalue weighted by Crippen LogP contribution is 2.49. The van der Waals surface area contributed by atoms with Crippen molar-refractivity contribution in [3.05, 3.63) is 44.4 Å². The normalized spacial score (nSPS) is 21.9. The van der Waals surface area contributed by atoms with E-state index in [1.54, 1.807) is 0 Å². The van der Waals surface area contributed by atoms with Crippen molar-refractivity contribution < 1.29 is 9.84 Å². The molecule has 108 valence electrons. The molecular weight excluding hydrogens is 342 g/mol. The quantitative estimate of drug-likeness (QED) is 0.518. The molecule has 0 bridgehead atoms. The highest BCUT2D eigenvalue weighted by molar-refractivity contribution is 6.50. The van der Waals surface area contributed by atoms with E-state index in [2.05, 4.69) is 6.08 Å². The van der Waals surface area contributed by atoms with Crippen LogP contribution in [0.25, 0.3) is 0 Å². The molecule has 0 heterocycles. The number of benzene rings is 1. The van der Waals surface area contributed by atoms with E-state index in [0.717, 1.165) is 12.8 Å². The van der Waals surface area contributed by atoms with Crippen LogP contribution < -0.4 is 4.74 Å². The third-order valence-corrected chi connectivity index (χ3v) is 4.51. The second-order valence-electron chi connectivity index (χ2n) is 4.30. The van der Waals surface area contributed by atoms with Crippen molar-refractivity contribution in [2.75, 3.05) is 0 Å². The predicted octanol–water partition coefficient (Wildman–Crippen LogP) is 6.05. The van der Waals surface area contributed by atoms with E-state index in [-0.39, 0.29) is 37.7 Å². The molecule has 2 nitrogen and oxygen atoms in total. The Morgan fingerprint density at radius 2 is 1.50 bits per heavy atom. The summed E-state index contributed by atoms with van der Waals surface area (Å²) in [6.07, 6.45) is 10.6. The van der Waals surface area contributed by atoms with E-state index < -0.39 is 0 Å². The van der Waals surface area contributed by atoms with Gasteiger partial charge in [-0.15, -0.1) is 0 Å². The van der Waals surface area contributed by atoms with Gasteiger partial charge in [-0.1, -0.05) is 64.6 Å². The Balaban J connectivity index is 2.33. The number of halogens is 4. The Kier molecular flexibility index (Phi) is 5.50. The Morgan fingerprint density at radius 3 is 2.15 bits per heavy atom. The molecule has 1 aromatic rings. The Morgan fingerprint density at radius 1 is 0.900 bits per heavy atom. The van der Waals surface area contributed by atoms with Crippen molar-refractivity contribution in [1.29, 1.82) is 0 Å². The lowest BCUT2D eigenvalue weighted by molar-refractivity contribution is 0.252. The highest BCUT2D eigenvalue weighted by Gasteiger charge is 2.22. The van der Waals surface area contributed by atoms with Crippen molar-refractivity contribution in [3.8, 4) is 11.5 Å². The number of rotatable bonds is 2. The first-order valence-corrected chi connectivity index (χ1v) is 7.56. The summed E-state index contributed by atoms with van der Waals surface area (Å²) >= 11 is 23.9. The molecule has 2 rings (SSSR count). The van der Waals surface area contributed by atoms with Crippen LogP contribution in [0.5, 0.6) is 11.5 Å². The van der Waals surface area contributed by atoms with Crippen molar-refractivity contribution in [3.63, 3.8) is 0 Å². The number of aromatic hydroxyl groups is 1. The molecule has 1 aromatic carbocycles. The van der Waals surface area contributed by atoms with Crippen molar-refractivity contribution in [2.24, 2.45) is 0 Å². The standard InChI is InChI=1S/C14H12Cl4O2/c15-9-11(17)14(12(18)10(16)13(9)19)20-8-6-4-2-1-3-5-7-8/h2,4-5,7-8,19H,1,3,6H2/b4-2-,7-5-. The van der Waals surface area contributed by atoms with Crippen LogP contribution in [-0.4, -0.2) is 11.2 Å². The smallest absolute Gasteiger partial charge is 0.160 e. The van der Waals surface area contributed by atoms with Gasteiger partial charge in [-0.25, -0.2) is 0 Å². The van der Waals surface area contributed by atoms with Gasteiger partial charge in [0.15, 0.2) is 11.5 Å². The van der Waals surface area contributed by atoms with Gasteiger partial charge in [-0.05, 0) is 18.9 Å². The van der Waals surface area contributed by atoms with Crippen molar-refractivity contribution in [2.45, 2.75) is 25.4 Å². The van der Waals surface area contributed by atoms with Crippen LogP contribution in [0.2, 0.25) is 20.1 Å². The molecule has 0 saturated heterocycles. The Labute approximate surface area is 137 Å². The van der Waals surface area contributed by atoms with Gasteiger partial charge in [0.2, 0.25) is 0 Å². The van der Waals surface area contributed by atoms with Crippen molar-refractivity contribution >= 4 is 46.4 Å². The van der Waals surface area contributed by atoms with E-state index in [4.69, 9.17) is 51.1 Å². The Bertz CT molecular complexity index is 538. The summed E-state index contributed by atoms with van der Waals surface area (Å²) in [5.74, 6) is -0.159. The van der Waals surface area contributed by atoms with Crippen LogP contribution in [0, 0.1) is 0 Å². The fraction of sp³-hybridized carbons (Fsp3) is 0.286. The van der Waals surface area contributed by atoms with Crippen LogP contribution in [0.1, 0.15) is 19.3 Å². The zero-order valence-electron chi connectivity index (χ0n) is 10.4. The average Bonchev–Trinajstić information content (AvgIpc) is 2.41. The predicted molar refractivity (Wildman–Crippen MR) is 84.7 cm³/mol. The van der Waals surface area contributed by atoms with E-state index in [9.17, 15) is 5.11 Å². The summed E-state index contributed by atoms with van der Waals surface area (Å²) in [5.41, 5.74) is 0. The molecule has 0 radical (unpaired) electrons. The molecule has 0 saturated carbocycles. The van der Waals surface area contributed by atoms with Gasteiger partial charge in [0.05, 0.1) is 0 Å². The zero-order chi connectivity index (χ0) is 14.7. The minimum absolute atomic E-state index is 0.0537. The van der Waals surface area contributed by atoms with E-state index in [0.29, 0.717) is 6.42 Å². The number of phenolic OH excluding ortho intramolecular Hbond substituents is 1. The minimum atomic E-state index is -0.344. The molecule has 20 heavy (non-hydrogen) atoms. The third kappa shape index (κ3) is 3.37. The molecule has 0 spiro atoms. The molecule has 0 fully saturated rings. The van der Waals surface area contributed by atoms with Gasteiger partial charge in [0.1, 0.15) is 26.2 Å². The average molecular weight is 354 g/mol. The largest absolute Gasteiger partial charge is 0.505 e. The molecule has 0 aromatic heterocycles. The van der Waals surface area contributed by atoms with Crippen LogP contribution in [0.4, 0.5) is 0 Å². The number of hydrogen-bond acceptors (Lipinski definition) is 2. The van der Waals surface area contributed by atoms with Gasteiger partial charge in [0, 0.05) is 6.42 Å². The van der Waals surface area contributed by atoms with Gasteiger partial charge in [-0.2, -0.15) is 0 Å². The second-order valence-corrected chi connectivity index (χ2v) is 5.81. The van der Waals surface area contributed by atoms with Crippen LogP contribution in [-0.2, 0) is 0 Å². The van der Waals surface area contributed by atoms with Gasteiger partial charge >= 0.3 is 0 Å².